The Balaban J connectivity index is 1.21. The quantitative estimate of drug-likeness (QED) is 0.837. The molecule has 0 radical (unpaired) electrons. The molecule has 2 aromatic carbocycles. The lowest BCUT2D eigenvalue weighted by Gasteiger charge is -2.35. The van der Waals surface area contributed by atoms with Crippen molar-refractivity contribution in [1.29, 1.82) is 0 Å². The maximum atomic E-state index is 12.8. The molecule has 0 N–H and O–H groups in total. The first-order valence-corrected chi connectivity index (χ1v) is 10.2. The van der Waals surface area contributed by atoms with Gasteiger partial charge < -0.3 is 9.80 Å². The first-order valence-electron chi connectivity index (χ1n) is 10.2. The van der Waals surface area contributed by atoms with E-state index in [1.807, 2.05) is 18.2 Å². The van der Waals surface area contributed by atoms with Crippen molar-refractivity contribution >= 4 is 11.6 Å². The molecule has 5 rings (SSSR count). The molecule has 2 saturated heterocycles. The molecule has 2 fully saturated rings. The molecule has 3 heterocycles. The maximum absolute atomic E-state index is 12.8. The lowest BCUT2D eigenvalue weighted by atomic mass is 9.99. The third kappa shape index (κ3) is 3.12. The van der Waals surface area contributed by atoms with Crippen molar-refractivity contribution < 1.29 is 4.79 Å². The average molecular weight is 361 g/mol. The summed E-state index contributed by atoms with van der Waals surface area (Å²) < 4.78 is 0. The number of anilines is 1. The Bertz CT molecular complexity index is 821. The van der Waals surface area contributed by atoms with Crippen LogP contribution < -0.4 is 4.90 Å². The van der Waals surface area contributed by atoms with Gasteiger partial charge in [0.25, 0.3) is 5.91 Å². The number of para-hydroxylation sites is 1. The van der Waals surface area contributed by atoms with E-state index in [9.17, 15) is 4.79 Å². The van der Waals surface area contributed by atoms with Crippen molar-refractivity contribution in [1.82, 2.24) is 9.80 Å². The van der Waals surface area contributed by atoms with E-state index in [0.717, 1.165) is 44.7 Å². The van der Waals surface area contributed by atoms with Gasteiger partial charge in [0.1, 0.15) is 0 Å². The van der Waals surface area contributed by atoms with E-state index in [1.54, 1.807) is 0 Å². The van der Waals surface area contributed by atoms with E-state index in [0.29, 0.717) is 12.1 Å². The third-order valence-corrected chi connectivity index (χ3v) is 6.59. The van der Waals surface area contributed by atoms with Gasteiger partial charge in [-0.2, -0.15) is 0 Å². The number of nitrogens with zero attached hydrogens (tertiary/aromatic N) is 3. The van der Waals surface area contributed by atoms with Crippen LogP contribution in [-0.4, -0.2) is 60.5 Å². The Morgan fingerprint density at radius 2 is 1.70 bits per heavy atom. The molecule has 2 aromatic rings. The molecule has 140 valence electrons. The number of piperidine rings is 1. The number of carbonyl (C=O) groups excluding carboxylic acids is 1. The molecular formula is C23H27N3O. The summed E-state index contributed by atoms with van der Waals surface area (Å²) in [5.74, 6) is 0.212. The zero-order valence-electron chi connectivity index (χ0n) is 15.8. The van der Waals surface area contributed by atoms with Crippen LogP contribution in [0.2, 0.25) is 0 Å². The van der Waals surface area contributed by atoms with Crippen LogP contribution in [0.3, 0.4) is 0 Å². The Morgan fingerprint density at radius 3 is 2.59 bits per heavy atom. The fourth-order valence-corrected chi connectivity index (χ4v) is 5.09. The molecule has 2 bridgehead atoms. The standard InChI is InChI=1S/C23H27N3O/c27-23-22-9-5-4-6-18(22)10-12-25(23)15-14-24-13-11-20-16-21(24)17-26(20)19-7-2-1-3-8-19/h1-9,20-21H,10-17H2. The summed E-state index contributed by atoms with van der Waals surface area (Å²) in [6, 6.07) is 20.2. The minimum absolute atomic E-state index is 0.212. The monoisotopic (exact) mass is 361 g/mol. The Hall–Kier alpha value is -2.33. The largest absolute Gasteiger partial charge is 0.367 e. The number of hydrogen-bond acceptors (Lipinski definition) is 3. The van der Waals surface area contributed by atoms with Gasteiger partial charge >= 0.3 is 0 Å². The fraction of sp³-hybridized carbons (Fsp3) is 0.435. The lowest BCUT2D eigenvalue weighted by Crippen LogP contribution is -2.47. The second-order valence-corrected chi connectivity index (χ2v) is 8.06. The molecule has 0 saturated carbocycles. The number of likely N-dealkylation sites (tertiary alicyclic amines) is 1. The van der Waals surface area contributed by atoms with Crippen LogP contribution in [0.25, 0.3) is 0 Å². The van der Waals surface area contributed by atoms with Crippen molar-refractivity contribution in [3.05, 3.63) is 65.7 Å². The number of carbonyl (C=O) groups is 1. The molecular weight excluding hydrogens is 334 g/mol. The van der Waals surface area contributed by atoms with Crippen molar-refractivity contribution in [2.45, 2.75) is 31.3 Å². The maximum Gasteiger partial charge on any atom is 0.254 e. The third-order valence-electron chi connectivity index (χ3n) is 6.59. The summed E-state index contributed by atoms with van der Waals surface area (Å²) >= 11 is 0. The van der Waals surface area contributed by atoms with Crippen LogP contribution in [-0.2, 0) is 6.42 Å². The van der Waals surface area contributed by atoms with E-state index in [1.165, 1.54) is 24.1 Å². The number of rotatable bonds is 4. The van der Waals surface area contributed by atoms with E-state index in [4.69, 9.17) is 0 Å². The number of hydrogen-bond donors (Lipinski definition) is 0. The van der Waals surface area contributed by atoms with Crippen LogP contribution in [0.4, 0.5) is 5.69 Å². The van der Waals surface area contributed by atoms with E-state index >= 15 is 0 Å². The van der Waals surface area contributed by atoms with Gasteiger partial charge in [0, 0.05) is 56.1 Å². The summed E-state index contributed by atoms with van der Waals surface area (Å²) in [5.41, 5.74) is 3.46. The highest BCUT2D eigenvalue weighted by Gasteiger charge is 2.39. The second-order valence-electron chi connectivity index (χ2n) is 8.06. The highest BCUT2D eigenvalue weighted by atomic mass is 16.2. The molecule has 4 nitrogen and oxygen atoms in total. The van der Waals surface area contributed by atoms with Gasteiger partial charge in [0.2, 0.25) is 0 Å². The van der Waals surface area contributed by atoms with E-state index < -0.39 is 0 Å². The van der Waals surface area contributed by atoms with Gasteiger partial charge in [-0.3, -0.25) is 9.69 Å². The number of fused-ring (bicyclic) bond motifs is 3. The lowest BCUT2D eigenvalue weighted by molar-refractivity contribution is 0.0697. The topological polar surface area (TPSA) is 26.8 Å². The molecule has 4 heteroatoms. The zero-order valence-corrected chi connectivity index (χ0v) is 15.8. The summed E-state index contributed by atoms with van der Waals surface area (Å²) in [7, 11) is 0. The molecule has 2 unspecified atom stereocenters. The van der Waals surface area contributed by atoms with E-state index in [-0.39, 0.29) is 5.91 Å². The molecule has 1 amide bonds. The smallest absolute Gasteiger partial charge is 0.254 e. The summed E-state index contributed by atoms with van der Waals surface area (Å²) in [4.78, 5) is 20.0. The van der Waals surface area contributed by atoms with Crippen LogP contribution in [0.5, 0.6) is 0 Å². The number of benzene rings is 2. The van der Waals surface area contributed by atoms with Gasteiger partial charge in [-0.05, 0) is 43.0 Å². The van der Waals surface area contributed by atoms with Crippen molar-refractivity contribution in [2.24, 2.45) is 0 Å². The minimum Gasteiger partial charge on any atom is -0.367 e. The fourth-order valence-electron chi connectivity index (χ4n) is 5.09. The minimum atomic E-state index is 0.212. The molecule has 0 spiro atoms. The Morgan fingerprint density at radius 1 is 0.889 bits per heavy atom. The van der Waals surface area contributed by atoms with Gasteiger partial charge in [-0.1, -0.05) is 36.4 Å². The summed E-state index contributed by atoms with van der Waals surface area (Å²) in [6.45, 7) is 4.96. The van der Waals surface area contributed by atoms with Gasteiger partial charge in [-0.25, -0.2) is 0 Å². The van der Waals surface area contributed by atoms with Crippen LogP contribution in [0.15, 0.2) is 54.6 Å². The van der Waals surface area contributed by atoms with Crippen molar-refractivity contribution in [3.8, 4) is 0 Å². The van der Waals surface area contributed by atoms with Gasteiger partial charge in [0.05, 0.1) is 0 Å². The first-order chi connectivity index (χ1) is 13.3. The Labute approximate surface area is 161 Å². The van der Waals surface area contributed by atoms with Crippen molar-refractivity contribution in [2.75, 3.05) is 37.6 Å². The summed E-state index contributed by atoms with van der Waals surface area (Å²) in [6.07, 6.45) is 3.46. The molecule has 3 aliphatic rings. The summed E-state index contributed by atoms with van der Waals surface area (Å²) in [5, 5.41) is 0. The molecule has 2 atom stereocenters. The normalized spacial score (nSPS) is 25.0. The SMILES string of the molecule is O=C1c2ccccc2CCN1CCN1CCC2CC1CN2c1ccccc1. The molecule has 27 heavy (non-hydrogen) atoms. The van der Waals surface area contributed by atoms with E-state index in [2.05, 4.69) is 51.1 Å². The zero-order chi connectivity index (χ0) is 18.2. The predicted molar refractivity (Wildman–Crippen MR) is 108 cm³/mol. The highest BCUT2D eigenvalue weighted by molar-refractivity contribution is 5.96. The second kappa shape index (κ2) is 7.01. The van der Waals surface area contributed by atoms with Crippen LogP contribution in [0.1, 0.15) is 28.8 Å². The van der Waals surface area contributed by atoms with Crippen molar-refractivity contribution in [3.63, 3.8) is 0 Å². The highest BCUT2D eigenvalue weighted by Crippen LogP contribution is 2.33. The molecule has 0 aromatic heterocycles. The first kappa shape index (κ1) is 16.8. The molecule has 3 aliphatic heterocycles. The Kier molecular flexibility index (Phi) is 4.36. The molecule has 0 aliphatic carbocycles. The number of amides is 1. The predicted octanol–water partition coefficient (Wildman–Crippen LogP) is 3.04. The van der Waals surface area contributed by atoms with Crippen LogP contribution >= 0.6 is 0 Å². The van der Waals surface area contributed by atoms with Crippen LogP contribution in [0, 0.1) is 0 Å². The van der Waals surface area contributed by atoms with Gasteiger partial charge in [0.15, 0.2) is 0 Å². The van der Waals surface area contributed by atoms with Gasteiger partial charge in [-0.15, -0.1) is 0 Å². The average Bonchev–Trinajstić information content (AvgIpc) is 3.07.